The van der Waals surface area contributed by atoms with Crippen LogP contribution in [0, 0.1) is 0 Å². The number of hydrogen-bond donors (Lipinski definition) is 1. The Morgan fingerprint density at radius 1 is 1.15 bits per heavy atom. The monoisotopic (exact) mass is 200 g/mol. The van der Waals surface area contributed by atoms with Crippen molar-refractivity contribution < 1.29 is 14.7 Å². The van der Waals surface area contributed by atoms with E-state index in [1.165, 1.54) is 0 Å². The molecule has 1 aromatic carbocycles. The third-order valence-electron chi connectivity index (χ3n) is 1.41. The van der Waals surface area contributed by atoms with E-state index in [0.717, 1.165) is 0 Å². The Labute approximate surface area is 81.8 Å². The van der Waals surface area contributed by atoms with Crippen molar-refractivity contribution >= 4 is 24.2 Å². The number of hydrogen-bond acceptors (Lipinski definition) is 2. The van der Waals surface area contributed by atoms with Crippen LogP contribution in [-0.4, -0.2) is 16.9 Å². The fraction of sp³-hybridized carbons (Fsp3) is 0.111. The van der Waals surface area contributed by atoms with Crippen LogP contribution in [0.2, 0.25) is 0 Å². The van der Waals surface area contributed by atoms with E-state index in [2.05, 4.69) is 0 Å². The number of ketones is 1. The molecule has 0 saturated carbocycles. The van der Waals surface area contributed by atoms with Gasteiger partial charge in [0.05, 0.1) is 0 Å². The Kier molecular flexibility index (Phi) is 4.77. The normalized spacial score (nSPS) is 8.62. The maximum atomic E-state index is 11.1. The van der Waals surface area contributed by atoms with Crippen molar-refractivity contribution in [2.24, 2.45) is 0 Å². The van der Waals surface area contributed by atoms with Crippen LogP contribution in [0.3, 0.4) is 0 Å². The van der Waals surface area contributed by atoms with Crippen LogP contribution in [0.5, 0.6) is 0 Å². The molecule has 0 radical (unpaired) electrons. The Hall–Kier alpha value is -1.35. The van der Waals surface area contributed by atoms with Gasteiger partial charge in [-0.25, -0.2) is 0 Å². The molecule has 0 aliphatic carbocycles. The fourth-order valence-electron chi connectivity index (χ4n) is 0.863. The summed E-state index contributed by atoms with van der Waals surface area (Å²) >= 11 is 0. The Morgan fingerprint density at radius 3 is 2.15 bits per heavy atom. The number of carboxylic acid groups (broad SMARTS) is 1. The van der Waals surface area contributed by atoms with Crippen molar-refractivity contribution in [3.63, 3.8) is 0 Å². The van der Waals surface area contributed by atoms with Crippen LogP contribution in [0.4, 0.5) is 0 Å². The fourth-order valence-corrected chi connectivity index (χ4v) is 0.863. The molecule has 0 heterocycles. The van der Waals surface area contributed by atoms with Gasteiger partial charge in [-0.15, -0.1) is 12.4 Å². The molecule has 0 unspecified atom stereocenters. The zero-order chi connectivity index (χ0) is 8.97. The third kappa shape index (κ3) is 3.71. The van der Waals surface area contributed by atoms with Crippen molar-refractivity contribution in [2.45, 2.75) is 6.42 Å². The number of benzene rings is 1. The average Bonchev–Trinajstić information content (AvgIpc) is 2.05. The molecule has 0 fully saturated rings. The molecule has 0 amide bonds. The predicted octanol–water partition coefficient (Wildman–Crippen LogP) is 1.77. The topological polar surface area (TPSA) is 54.4 Å². The van der Waals surface area contributed by atoms with Gasteiger partial charge in [-0.2, -0.15) is 0 Å². The van der Waals surface area contributed by atoms with Gasteiger partial charge in [0.1, 0.15) is 6.42 Å². The Morgan fingerprint density at radius 2 is 1.69 bits per heavy atom. The highest BCUT2D eigenvalue weighted by molar-refractivity contribution is 6.05. The summed E-state index contributed by atoms with van der Waals surface area (Å²) in [7, 11) is 0. The van der Waals surface area contributed by atoms with Gasteiger partial charge in [-0.1, -0.05) is 30.3 Å². The molecule has 0 bridgehead atoms. The Bertz CT molecular complexity index is 295. The van der Waals surface area contributed by atoms with Crippen LogP contribution in [0.15, 0.2) is 30.3 Å². The molecule has 0 saturated heterocycles. The second-order valence-electron chi connectivity index (χ2n) is 2.36. The van der Waals surface area contributed by atoms with E-state index in [-0.39, 0.29) is 18.2 Å². The summed E-state index contributed by atoms with van der Waals surface area (Å²) in [5.74, 6) is -1.45. The molecular formula is C9H9ClO3. The maximum absolute atomic E-state index is 11.1. The van der Waals surface area contributed by atoms with E-state index < -0.39 is 12.4 Å². The summed E-state index contributed by atoms with van der Waals surface area (Å²) in [4.78, 5) is 21.2. The number of Topliss-reactive ketones (excluding diaryl/α,β-unsaturated/α-hetero) is 1. The second-order valence-corrected chi connectivity index (χ2v) is 2.36. The molecule has 0 aliphatic heterocycles. The lowest BCUT2D eigenvalue weighted by Crippen LogP contribution is -2.06. The van der Waals surface area contributed by atoms with E-state index >= 15 is 0 Å². The highest BCUT2D eigenvalue weighted by Gasteiger charge is 2.08. The molecule has 0 atom stereocenters. The first kappa shape index (κ1) is 11.6. The molecule has 13 heavy (non-hydrogen) atoms. The molecule has 0 aliphatic rings. The lowest BCUT2D eigenvalue weighted by atomic mass is 10.1. The zero-order valence-electron chi connectivity index (χ0n) is 6.77. The first-order valence-electron chi connectivity index (χ1n) is 3.50. The van der Waals surface area contributed by atoms with E-state index in [4.69, 9.17) is 5.11 Å². The lowest BCUT2D eigenvalue weighted by molar-refractivity contribution is -0.135. The SMILES string of the molecule is Cl.O=C(O)CC(=O)c1ccccc1. The van der Waals surface area contributed by atoms with E-state index in [1.807, 2.05) is 0 Å². The number of halogens is 1. The van der Waals surface area contributed by atoms with Crippen molar-refractivity contribution in [2.75, 3.05) is 0 Å². The van der Waals surface area contributed by atoms with Crippen LogP contribution in [0.25, 0.3) is 0 Å². The lowest BCUT2D eigenvalue weighted by Gasteiger charge is -1.95. The van der Waals surface area contributed by atoms with E-state index in [9.17, 15) is 9.59 Å². The van der Waals surface area contributed by atoms with Crippen molar-refractivity contribution in [3.8, 4) is 0 Å². The first-order chi connectivity index (χ1) is 5.70. The highest BCUT2D eigenvalue weighted by Crippen LogP contribution is 2.02. The molecule has 1 rings (SSSR count). The van der Waals surface area contributed by atoms with E-state index in [1.54, 1.807) is 30.3 Å². The van der Waals surface area contributed by atoms with E-state index in [0.29, 0.717) is 5.56 Å². The number of carbonyl (C=O) groups is 2. The third-order valence-corrected chi connectivity index (χ3v) is 1.41. The predicted molar refractivity (Wildman–Crippen MR) is 50.3 cm³/mol. The standard InChI is InChI=1S/C9H8O3.ClH/c10-8(6-9(11)12)7-4-2-1-3-5-7;/h1-5H,6H2,(H,11,12);1H. The summed E-state index contributed by atoms with van der Waals surface area (Å²) in [6, 6.07) is 8.39. The first-order valence-corrected chi connectivity index (χ1v) is 3.50. The summed E-state index contributed by atoms with van der Waals surface area (Å²) in [5, 5.41) is 8.32. The van der Waals surface area contributed by atoms with Crippen molar-refractivity contribution in [1.82, 2.24) is 0 Å². The largest absolute Gasteiger partial charge is 0.481 e. The van der Waals surface area contributed by atoms with Crippen LogP contribution < -0.4 is 0 Å². The minimum absolute atomic E-state index is 0. The van der Waals surface area contributed by atoms with Gasteiger partial charge in [0.25, 0.3) is 0 Å². The van der Waals surface area contributed by atoms with Gasteiger partial charge in [-0.3, -0.25) is 9.59 Å². The quantitative estimate of drug-likeness (QED) is 0.598. The number of carboxylic acids is 1. The molecule has 1 N–H and O–H groups in total. The summed E-state index contributed by atoms with van der Waals surface area (Å²) in [6.07, 6.45) is -0.440. The van der Waals surface area contributed by atoms with Gasteiger partial charge < -0.3 is 5.11 Å². The maximum Gasteiger partial charge on any atom is 0.311 e. The molecule has 0 spiro atoms. The minimum atomic E-state index is -1.09. The summed E-state index contributed by atoms with van der Waals surface area (Å²) in [6.45, 7) is 0. The van der Waals surface area contributed by atoms with Crippen LogP contribution in [-0.2, 0) is 4.79 Å². The van der Waals surface area contributed by atoms with Crippen LogP contribution >= 0.6 is 12.4 Å². The van der Waals surface area contributed by atoms with Gasteiger partial charge >= 0.3 is 5.97 Å². The van der Waals surface area contributed by atoms with Crippen molar-refractivity contribution in [1.29, 1.82) is 0 Å². The average molecular weight is 201 g/mol. The van der Waals surface area contributed by atoms with Gasteiger partial charge in [0.2, 0.25) is 0 Å². The second kappa shape index (κ2) is 5.32. The molecule has 70 valence electrons. The minimum Gasteiger partial charge on any atom is -0.481 e. The number of rotatable bonds is 3. The van der Waals surface area contributed by atoms with Crippen molar-refractivity contribution in [3.05, 3.63) is 35.9 Å². The number of aliphatic carboxylic acids is 1. The highest BCUT2D eigenvalue weighted by atomic mass is 35.5. The Balaban J connectivity index is 0.00000144. The molecule has 4 heteroatoms. The summed E-state index contributed by atoms with van der Waals surface area (Å²) < 4.78 is 0. The molecule has 1 aromatic rings. The van der Waals surface area contributed by atoms with Crippen LogP contribution in [0.1, 0.15) is 16.8 Å². The molecule has 0 aromatic heterocycles. The zero-order valence-corrected chi connectivity index (χ0v) is 7.58. The van der Waals surface area contributed by atoms with Gasteiger partial charge in [-0.05, 0) is 0 Å². The molecular weight excluding hydrogens is 192 g/mol. The smallest absolute Gasteiger partial charge is 0.311 e. The summed E-state index contributed by atoms with van der Waals surface area (Å²) in [5.41, 5.74) is 0.444. The van der Waals surface area contributed by atoms with Gasteiger partial charge in [0.15, 0.2) is 5.78 Å². The van der Waals surface area contributed by atoms with Gasteiger partial charge in [0, 0.05) is 5.56 Å². The number of carbonyl (C=O) groups excluding carboxylic acids is 1. The molecule has 3 nitrogen and oxygen atoms in total.